The van der Waals surface area contributed by atoms with Crippen molar-refractivity contribution in [2.24, 2.45) is 0 Å². The van der Waals surface area contributed by atoms with Crippen LogP contribution in [0.4, 0.5) is 0 Å². The lowest BCUT2D eigenvalue weighted by molar-refractivity contribution is 1.18. The van der Waals surface area contributed by atoms with E-state index in [1.807, 2.05) is 0 Å². The first-order valence-corrected chi connectivity index (χ1v) is 8.97. The second-order valence-corrected chi connectivity index (χ2v) is 6.79. The monoisotopic (exact) mass is 333 g/mol. The van der Waals surface area contributed by atoms with E-state index in [1.165, 1.54) is 44.2 Å². The van der Waals surface area contributed by atoms with Crippen LogP contribution in [-0.4, -0.2) is 4.57 Å². The minimum absolute atomic E-state index is 1.19. The molecule has 4 aromatic carbocycles. The summed E-state index contributed by atoms with van der Waals surface area (Å²) >= 11 is 0. The summed E-state index contributed by atoms with van der Waals surface area (Å²) in [6, 6.07) is 34.7. The largest absolute Gasteiger partial charge is 0.309 e. The van der Waals surface area contributed by atoms with Crippen molar-refractivity contribution in [3.63, 3.8) is 0 Å². The van der Waals surface area contributed by atoms with Crippen LogP contribution in [0.3, 0.4) is 0 Å². The summed E-state index contributed by atoms with van der Waals surface area (Å²) < 4.78 is 2.36. The van der Waals surface area contributed by atoms with Gasteiger partial charge in [0.1, 0.15) is 0 Å². The maximum Gasteiger partial charge on any atom is 0.0541 e. The lowest BCUT2D eigenvalue weighted by Crippen LogP contribution is -1.93. The Balaban J connectivity index is 1.73. The highest BCUT2D eigenvalue weighted by molar-refractivity contribution is 6.09. The molecule has 0 unspecified atom stereocenters. The van der Waals surface area contributed by atoms with E-state index in [4.69, 9.17) is 0 Å². The van der Waals surface area contributed by atoms with Crippen LogP contribution in [0, 0.1) is 6.92 Å². The average Bonchev–Trinajstić information content (AvgIpc) is 3.02. The van der Waals surface area contributed by atoms with Crippen molar-refractivity contribution in [1.82, 2.24) is 4.57 Å². The Kier molecular flexibility index (Phi) is 3.39. The van der Waals surface area contributed by atoms with E-state index >= 15 is 0 Å². The molecule has 5 aromatic rings. The van der Waals surface area contributed by atoms with Gasteiger partial charge in [-0.2, -0.15) is 0 Å². The van der Waals surface area contributed by atoms with Crippen molar-refractivity contribution in [2.45, 2.75) is 6.92 Å². The molecule has 0 fully saturated rings. The number of hydrogen-bond donors (Lipinski definition) is 0. The van der Waals surface area contributed by atoms with Gasteiger partial charge >= 0.3 is 0 Å². The SMILES string of the molecule is Cc1ccc2c(c1)c1ccccc1n2-c1ccc(-c2ccccc2)cc1. The maximum atomic E-state index is 2.36. The number of fused-ring (bicyclic) bond motifs is 3. The molecule has 0 aliphatic rings. The lowest BCUT2D eigenvalue weighted by atomic mass is 10.1. The van der Waals surface area contributed by atoms with E-state index in [-0.39, 0.29) is 0 Å². The molecule has 0 aliphatic carbocycles. The maximum absolute atomic E-state index is 2.36. The molecule has 1 heterocycles. The van der Waals surface area contributed by atoms with E-state index in [1.54, 1.807) is 0 Å². The smallest absolute Gasteiger partial charge is 0.0541 e. The topological polar surface area (TPSA) is 4.93 Å². The van der Waals surface area contributed by atoms with Gasteiger partial charge in [-0.05, 0) is 48.4 Å². The molecule has 124 valence electrons. The Morgan fingerprint density at radius 1 is 0.538 bits per heavy atom. The number of aromatic nitrogens is 1. The van der Waals surface area contributed by atoms with Crippen LogP contribution in [-0.2, 0) is 0 Å². The number of hydrogen-bond acceptors (Lipinski definition) is 0. The Hall–Kier alpha value is -3.32. The predicted molar refractivity (Wildman–Crippen MR) is 111 cm³/mol. The normalized spacial score (nSPS) is 11.3. The minimum atomic E-state index is 1.19. The van der Waals surface area contributed by atoms with Crippen molar-refractivity contribution in [3.8, 4) is 16.8 Å². The third-order valence-electron chi connectivity index (χ3n) is 5.06. The fourth-order valence-electron chi connectivity index (χ4n) is 3.80. The standard InChI is InChI=1S/C25H19N/c1-18-11-16-25-23(17-18)22-9-5-6-10-24(22)26(25)21-14-12-20(13-15-21)19-7-3-2-4-8-19/h2-17H,1H3. The Labute approximate surface area is 153 Å². The average molecular weight is 333 g/mol. The summed E-state index contributed by atoms with van der Waals surface area (Å²) in [5, 5.41) is 2.62. The number of rotatable bonds is 2. The zero-order chi connectivity index (χ0) is 17.5. The van der Waals surface area contributed by atoms with Crippen LogP contribution in [0.1, 0.15) is 5.56 Å². The van der Waals surface area contributed by atoms with E-state index < -0.39 is 0 Å². The van der Waals surface area contributed by atoms with Gasteiger partial charge in [-0.15, -0.1) is 0 Å². The summed E-state index contributed by atoms with van der Waals surface area (Å²) in [5.41, 5.74) is 7.48. The third kappa shape index (κ3) is 2.33. The van der Waals surface area contributed by atoms with Crippen molar-refractivity contribution < 1.29 is 0 Å². The van der Waals surface area contributed by atoms with Crippen LogP contribution in [0.15, 0.2) is 97.1 Å². The van der Waals surface area contributed by atoms with Crippen LogP contribution >= 0.6 is 0 Å². The molecule has 0 N–H and O–H groups in total. The number of benzene rings is 4. The highest BCUT2D eigenvalue weighted by atomic mass is 15.0. The molecule has 0 saturated heterocycles. The molecule has 1 nitrogen and oxygen atoms in total. The van der Waals surface area contributed by atoms with Gasteiger partial charge in [-0.1, -0.05) is 72.3 Å². The van der Waals surface area contributed by atoms with Crippen LogP contribution in [0.2, 0.25) is 0 Å². The summed E-state index contributed by atoms with van der Waals surface area (Å²) in [6.07, 6.45) is 0. The fourth-order valence-corrected chi connectivity index (χ4v) is 3.80. The van der Waals surface area contributed by atoms with Crippen LogP contribution < -0.4 is 0 Å². The molecule has 0 radical (unpaired) electrons. The van der Waals surface area contributed by atoms with Crippen molar-refractivity contribution in [3.05, 3.63) is 103 Å². The van der Waals surface area contributed by atoms with Crippen molar-refractivity contribution in [2.75, 3.05) is 0 Å². The molecule has 26 heavy (non-hydrogen) atoms. The fraction of sp³-hybridized carbons (Fsp3) is 0.0400. The molecular weight excluding hydrogens is 314 g/mol. The highest BCUT2D eigenvalue weighted by Gasteiger charge is 2.11. The van der Waals surface area contributed by atoms with Gasteiger partial charge in [0.15, 0.2) is 0 Å². The molecule has 0 saturated carbocycles. The second kappa shape index (κ2) is 5.89. The van der Waals surface area contributed by atoms with Gasteiger partial charge in [-0.25, -0.2) is 0 Å². The molecule has 0 atom stereocenters. The van der Waals surface area contributed by atoms with E-state index in [9.17, 15) is 0 Å². The zero-order valence-corrected chi connectivity index (χ0v) is 14.7. The first-order chi connectivity index (χ1) is 12.8. The van der Waals surface area contributed by atoms with E-state index in [0.29, 0.717) is 0 Å². The summed E-state index contributed by atoms with van der Waals surface area (Å²) in [4.78, 5) is 0. The van der Waals surface area contributed by atoms with Gasteiger partial charge in [0.2, 0.25) is 0 Å². The first kappa shape index (κ1) is 15.0. The van der Waals surface area contributed by atoms with Gasteiger partial charge in [0.05, 0.1) is 11.0 Å². The first-order valence-electron chi connectivity index (χ1n) is 8.97. The van der Waals surface area contributed by atoms with Gasteiger partial charge < -0.3 is 4.57 Å². The van der Waals surface area contributed by atoms with E-state index in [0.717, 1.165) is 0 Å². The molecular formula is C25H19N. The minimum Gasteiger partial charge on any atom is -0.309 e. The van der Waals surface area contributed by atoms with E-state index in [2.05, 4.69) is 109 Å². The molecule has 5 rings (SSSR count). The number of nitrogens with zero attached hydrogens (tertiary/aromatic N) is 1. The molecule has 1 aromatic heterocycles. The van der Waals surface area contributed by atoms with Gasteiger partial charge in [0, 0.05) is 16.5 Å². The highest BCUT2D eigenvalue weighted by Crippen LogP contribution is 2.33. The number of para-hydroxylation sites is 1. The molecule has 0 amide bonds. The molecule has 0 aliphatic heterocycles. The Morgan fingerprint density at radius 3 is 2.00 bits per heavy atom. The molecule has 1 heteroatoms. The third-order valence-corrected chi connectivity index (χ3v) is 5.06. The quantitative estimate of drug-likeness (QED) is 0.336. The lowest BCUT2D eigenvalue weighted by Gasteiger charge is -2.09. The molecule has 0 bridgehead atoms. The van der Waals surface area contributed by atoms with Crippen molar-refractivity contribution >= 4 is 21.8 Å². The van der Waals surface area contributed by atoms with Crippen molar-refractivity contribution in [1.29, 1.82) is 0 Å². The second-order valence-electron chi connectivity index (χ2n) is 6.79. The summed E-state index contributed by atoms with van der Waals surface area (Å²) in [6.45, 7) is 2.15. The summed E-state index contributed by atoms with van der Waals surface area (Å²) in [7, 11) is 0. The van der Waals surface area contributed by atoms with Gasteiger partial charge in [-0.3, -0.25) is 0 Å². The van der Waals surface area contributed by atoms with Crippen LogP contribution in [0.25, 0.3) is 38.6 Å². The number of aryl methyl sites for hydroxylation is 1. The van der Waals surface area contributed by atoms with Crippen LogP contribution in [0.5, 0.6) is 0 Å². The zero-order valence-electron chi connectivity index (χ0n) is 14.7. The Morgan fingerprint density at radius 2 is 1.19 bits per heavy atom. The Bertz CT molecular complexity index is 1210. The summed E-state index contributed by atoms with van der Waals surface area (Å²) in [5.74, 6) is 0. The van der Waals surface area contributed by atoms with Gasteiger partial charge in [0.25, 0.3) is 0 Å². The molecule has 0 spiro atoms. The predicted octanol–water partition coefficient (Wildman–Crippen LogP) is 6.76.